The summed E-state index contributed by atoms with van der Waals surface area (Å²) in [6.45, 7) is 4.32. The molecule has 2 aromatic heterocycles. The second kappa shape index (κ2) is 8.10. The third-order valence-electron chi connectivity index (χ3n) is 4.99. The number of amides is 1. The van der Waals surface area contributed by atoms with Crippen molar-refractivity contribution in [3.8, 4) is 5.82 Å². The molecule has 0 radical (unpaired) electrons. The highest BCUT2D eigenvalue weighted by Crippen LogP contribution is 2.22. The van der Waals surface area contributed by atoms with E-state index in [9.17, 15) is 9.18 Å². The molecule has 3 heterocycles. The maximum absolute atomic E-state index is 13.1. The molecule has 8 heteroatoms. The summed E-state index contributed by atoms with van der Waals surface area (Å²) in [5.74, 6) is 0.380. The molecule has 4 rings (SSSR count). The molecule has 0 bridgehead atoms. The molecule has 2 atom stereocenters. The van der Waals surface area contributed by atoms with E-state index < -0.39 is 0 Å². The topological polar surface area (TPSA) is 83.9 Å². The number of carbonyl (C=O) groups excluding carboxylic acids is 1. The number of carbonyl (C=O) groups is 1. The lowest BCUT2D eigenvalue weighted by atomic mass is 10.0. The Morgan fingerprint density at radius 2 is 2.00 bits per heavy atom. The number of nitrogens with zero attached hydrogens (tertiary/aromatic N) is 3. The van der Waals surface area contributed by atoms with Gasteiger partial charge in [0.1, 0.15) is 11.9 Å². The van der Waals surface area contributed by atoms with Crippen LogP contribution in [0, 0.1) is 19.7 Å². The second-order valence-corrected chi connectivity index (χ2v) is 7.26. The molecule has 1 saturated heterocycles. The molecule has 2 unspecified atom stereocenters. The van der Waals surface area contributed by atoms with E-state index in [4.69, 9.17) is 0 Å². The zero-order valence-electron chi connectivity index (χ0n) is 16.3. The molecule has 3 N–H and O–H groups in total. The third-order valence-corrected chi connectivity index (χ3v) is 4.99. The Kier molecular flexibility index (Phi) is 5.37. The summed E-state index contributed by atoms with van der Waals surface area (Å²) in [6.07, 6.45) is 2.33. The number of hydrogen-bond donors (Lipinski definition) is 3. The van der Waals surface area contributed by atoms with Crippen LogP contribution in [0.15, 0.2) is 48.7 Å². The standard InChI is InChI=1S/C21H23FN6O/c1-13-9-14(2)28(27-13)20-8-3-15(11-23-20)12-24-21(29)19-10-18(25-26-19)16-4-6-17(22)7-5-16/h3-9,11,18-19,25-26H,10,12H2,1-2H3,(H,24,29). The number of halogens is 1. The summed E-state index contributed by atoms with van der Waals surface area (Å²) in [5, 5.41) is 7.35. The van der Waals surface area contributed by atoms with Gasteiger partial charge in [0.05, 0.1) is 5.69 Å². The fraction of sp³-hybridized carbons (Fsp3) is 0.286. The summed E-state index contributed by atoms with van der Waals surface area (Å²) >= 11 is 0. The molecule has 0 aliphatic carbocycles. The molecular weight excluding hydrogens is 371 g/mol. The normalized spacial score (nSPS) is 18.7. The van der Waals surface area contributed by atoms with Gasteiger partial charge in [-0.05, 0) is 55.7 Å². The van der Waals surface area contributed by atoms with Gasteiger partial charge < -0.3 is 5.32 Å². The van der Waals surface area contributed by atoms with Crippen LogP contribution in [0.2, 0.25) is 0 Å². The van der Waals surface area contributed by atoms with Crippen molar-refractivity contribution < 1.29 is 9.18 Å². The molecule has 3 aromatic rings. The molecule has 1 aliphatic heterocycles. The summed E-state index contributed by atoms with van der Waals surface area (Å²) in [6, 6.07) is 11.7. The zero-order valence-corrected chi connectivity index (χ0v) is 16.3. The van der Waals surface area contributed by atoms with E-state index in [-0.39, 0.29) is 23.8 Å². The number of nitrogens with one attached hydrogen (secondary N) is 3. The Hall–Kier alpha value is -3.10. The Morgan fingerprint density at radius 3 is 2.66 bits per heavy atom. The van der Waals surface area contributed by atoms with Crippen LogP contribution in [0.1, 0.15) is 35.0 Å². The van der Waals surface area contributed by atoms with Gasteiger partial charge in [-0.25, -0.2) is 24.9 Å². The Bertz CT molecular complexity index is 999. The van der Waals surface area contributed by atoms with Gasteiger partial charge in [0.2, 0.25) is 5.91 Å². The first-order valence-corrected chi connectivity index (χ1v) is 9.52. The van der Waals surface area contributed by atoms with Crippen LogP contribution in [0.25, 0.3) is 5.82 Å². The molecule has 29 heavy (non-hydrogen) atoms. The summed E-state index contributed by atoms with van der Waals surface area (Å²) in [7, 11) is 0. The lowest BCUT2D eigenvalue weighted by molar-refractivity contribution is -0.123. The fourth-order valence-corrected chi connectivity index (χ4v) is 3.46. The second-order valence-electron chi connectivity index (χ2n) is 7.26. The summed E-state index contributed by atoms with van der Waals surface area (Å²) in [4.78, 5) is 16.9. The first-order chi connectivity index (χ1) is 14.0. The number of aromatic nitrogens is 3. The number of benzene rings is 1. The number of hydrogen-bond acceptors (Lipinski definition) is 5. The molecule has 1 aromatic carbocycles. The van der Waals surface area contributed by atoms with E-state index in [2.05, 4.69) is 26.3 Å². The smallest absolute Gasteiger partial charge is 0.238 e. The minimum absolute atomic E-state index is 0.0342. The highest BCUT2D eigenvalue weighted by Gasteiger charge is 2.29. The van der Waals surface area contributed by atoms with Crippen LogP contribution in [0.3, 0.4) is 0 Å². The van der Waals surface area contributed by atoms with Crippen molar-refractivity contribution in [2.75, 3.05) is 0 Å². The van der Waals surface area contributed by atoms with E-state index in [1.165, 1.54) is 12.1 Å². The van der Waals surface area contributed by atoms with Crippen LogP contribution >= 0.6 is 0 Å². The predicted octanol–water partition coefficient (Wildman–Crippen LogP) is 2.25. The van der Waals surface area contributed by atoms with E-state index >= 15 is 0 Å². The first kappa shape index (κ1) is 19.2. The number of hydrazine groups is 1. The highest BCUT2D eigenvalue weighted by molar-refractivity contribution is 5.82. The van der Waals surface area contributed by atoms with Crippen LogP contribution in [-0.4, -0.2) is 26.7 Å². The van der Waals surface area contributed by atoms with Gasteiger partial charge in [-0.1, -0.05) is 18.2 Å². The van der Waals surface area contributed by atoms with Gasteiger partial charge in [0.25, 0.3) is 0 Å². The third kappa shape index (κ3) is 4.33. The molecular formula is C21H23FN6O. The summed E-state index contributed by atoms with van der Waals surface area (Å²) < 4.78 is 14.9. The minimum atomic E-state index is -0.355. The van der Waals surface area contributed by atoms with Gasteiger partial charge in [-0.2, -0.15) is 5.10 Å². The Morgan fingerprint density at radius 1 is 1.21 bits per heavy atom. The van der Waals surface area contributed by atoms with Gasteiger partial charge in [0, 0.05) is 24.5 Å². The average molecular weight is 394 g/mol. The van der Waals surface area contributed by atoms with Gasteiger partial charge in [-0.3, -0.25) is 4.79 Å². The van der Waals surface area contributed by atoms with Gasteiger partial charge in [-0.15, -0.1) is 0 Å². The van der Waals surface area contributed by atoms with E-state index in [0.29, 0.717) is 13.0 Å². The summed E-state index contributed by atoms with van der Waals surface area (Å²) in [5.41, 5.74) is 9.92. The molecule has 1 fully saturated rings. The van der Waals surface area contributed by atoms with Crippen LogP contribution in [0.4, 0.5) is 4.39 Å². The van der Waals surface area contributed by atoms with Crippen LogP contribution in [-0.2, 0) is 11.3 Å². The van der Waals surface area contributed by atoms with Crippen LogP contribution < -0.4 is 16.2 Å². The van der Waals surface area contributed by atoms with Crippen molar-refractivity contribution in [2.45, 2.75) is 38.9 Å². The quantitative estimate of drug-likeness (QED) is 0.618. The van der Waals surface area contributed by atoms with Crippen molar-refractivity contribution in [3.05, 3.63) is 77.0 Å². The van der Waals surface area contributed by atoms with Crippen molar-refractivity contribution >= 4 is 5.91 Å². The molecule has 0 spiro atoms. The molecule has 1 amide bonds. The Labute approximate surface area is 168 Å². The maximum atomic E-state index is 13.1. The van der Waals surface area contributed by atoms with Gasteiger partial charge in [0.15, 0.2) is 5.82 Å². The van der Waals surface area contributed by atoms with Gasteiger partial charge >= 0.3 is 0 Å². The van der Waals surface area contributed by atoms with Crippen LogP contribution in [0.5, 0.6) is 0 Å². The molecule has 150 valence electrons. The van der Waals surface area contributed by atoms with Crippen molar-refractivity contribution in [1.82, 2.24) is 30.9 Å². The number of rotatable bonds is 5. The molecule has 7 nitrogen and oxygen atoms in total. The van der Waals surface area contributed by atoms with Crippen molar-refractivity contribution in [2.24, 2.45) is 0 Å². The zero-order chi connectivity index (χ0) is 20.4. The number of pyridine rings is 1. The number of aryl methyl sites for hydroxylation is 2. The fourth-order valence-electron chi connectivity index (χ4n) is 3.46. The largest absolute Gasteiger partial charge is 0.351 e. The lowest BCUT2D eigenvalue weighted by Crippen LogP contribution is -2.42. The van der Waals surface area contributed by atoms with E-state index in [1.807, 2.05) is 32.0 Å². The molecule has 0 saturated carbocycles. The van der Waals surface area contributed by atoms with Crippen molar-refractivity contribution in [1.29, 1.82) is 0 Å². The Balaban J connectivity index is 1.31. The van der Waals surface area contributed by atoms with Crippen molar-refractivity contribution in [3.63, 3.8) is 0 Å². The molecule has 1 aliphatic rings. The van der Waals surface area contributed by atoms with E-state index in [0.717, 1.165) is 28.3 Å². The monoisotopic (exact) mass is 394 g/mol. The minimum Gasteiger partial charge on any atom is -0.351 e. The average Bonchev–Trinajstić information content (AvgIpc) is 3.34. The van der Waals surface area contributed by atoms with E-state index in [1.54, 1.807) is 23.0 Å². The lowest BCUT2D eigenvalue weighted by Gasteiger charge is -2.11. The highest BCUT2D eigenvalue weighted by atomic mass is 19.1. The maximum Gasteiger partial charge on any atom is 0.238 e. The SMILES string of the molecule is Cc1cc(C)n(-c2ccc(CNC(=O)C3CC(c4ccc(F)cc4)NN3)cn2)n1. The first-order valence-electron chi connectivity index (χ1n) is 9.52. The predicted molar refractivity (Wildman–Crippen MR) is 106 cm³/mol.